The first-order chi connectivity index (χ1) is 12.6. The Bertz CT molecular complexity index is 798. The summed E-state index contributed by atoms with van der Waals surface area (Å²) < 4.78 is 5.08. The van der Waals surface area contributed by atoms with Gasteiger partial charge in [-0.1, -0.05) is 36.4 Å². The molecule has 136 valence electrons. The van der Waals surface area contributed by atoms with Crippen molar-refractivity contribution in [3.63, 3.8) is 0 Å². The summed E-state index contributed by atoms with van der Waals surface area (Å²) in [5.41, 5.74) is 1.25. The zero-order chi connectivity index (χ0) is 18.5. The van der Waals surface area contributed by atoms with E-state index in [0.717, 1.165) is 10.4 Å². The van der Waals surface area contributed by atoms with Crippen LogP contribution in [0, 0.1) is 0 Å². The van der Waals surface area contributed by atoms with Gasteiger partial charge in [-0.3, -0.25) is 9.59 Å². The third-order valence-corrected chi connectivity index (χ3v) is 5.36. The lowest BCUT2D eigenvalue weighted by Crippen LogP contribution is -2.33. The van der Waals surface area contributed by atoms with Gasteiger partial charge >= 0.3 is 0 Å². The molecule has 1 amide bonds. The van der Waals surface area contributed by atoms with Gasteiger partial charge in [-0.2, -0.15) is 0 Å². The zero-order valence-corrected chi connectivity index (χ0v) is 15.4. The van der Waals surface area contributed by atoms with Crippen molar-refractivity contribution in [1.82, 2.24) is 4.90 Å². The van der Waals surface area contributed by atoms with Gasteiger partial charge in [0, 0.05) is 25.0 Å². The van der Waals surface area contributed by atoms with E-state index in [9.17, 15) is 14.7 Å². The van der Waals surface area contributed by atoms with E-state index >= 15 is 0 Å². The molecule has 2 aromatic rings. The molecule has 0 saturated heterocycles. The topological polar surface area (TPSA) is 66.8 Å². The Balaban J connectivity index is 1.84. The van der Waals surface area contributed by atoms with Crippen LogP contribution in [0.3, 0.4) is 0 Å². The fourth-order valence-electron chi connectivity index (χ4n) is 3.14. The first-order valence-corrected chi connectivity index (χ1v) is 9.35. The van der Waals surface area contributed by atoms with Crippen LogP contribution in [0.15, 0.2) is 59.2 Å². The second-order valence-electron chi connectivity index (χ2n) is 6.08. The maximum atomic E-state index is 12.9. The van der Waals surface area contributed by atoms with Crippen LogP contribution in [0.4, 0.5) is 0 Å². The van der Waals surface area contributed by atoms with Crippen molar-refractivity contribution in [2.45, 2.75) is 18.9 Å². The molecule has 1 unspecified atom stereocenters. The van der Waals surface area contributed by atoms with E-state index in [1.54, 1.807) is 7.11 Å². The van der Waals surface area contributed by atoms with Crippen molar-refractivity contribution in [2.75, 3.05) is 20.3 Å². The van der Waals surface area contributed by atoms with Crippen LogP contribution >= 0.6 is 11.3 Å². The van der Waals surface area contributed by atoms with Gasteiger partial charge in [-0.25, -0.2) is 0 Å². The summed E-state index contributed by atoms with van der Waals surface area (Å²) in [4.78, 5) is 27.8. The van der Waals surface area contributed by atoms with Crippen molar-refractivity contribution in [3.05, 3.63) is 69.6 Å². The number of carbonyl (C=O) groups excluding carboxylic acids is 2. The molecule has 0 radical (unpaired) electrons. The van der Waals surface area contributed by atoms with Crippen molar-refractivity contribution in [2.24, 2.45) is 0 Å². The highest BCUT2D eigenvalue weighted by Crippen LogP contribution is 2.39. The number of thiophene rings is 1. The number of aryl methyl sites for hydroxylation is 1. The Kier molecular flexibility index (Phi) is 5.85. The van der Waals surface area contributed by atoms with E-state index in [4.69, 9.17) is 4.74 Å². The first-order valence-electron chi connectivity index (χ1n) is 8.47. The number of nitrogens with zero attached hydrogens (tertiary/aromatic N) is 1. The van der Waals surface area contributed by atoms with Gasteiger partial charge < -0.3 is 14.7 Å². The summed E-state index contributed by atoms with van der Waals surface area (Å²) >= 11 is 1.46. The molecule has 6 heteroatoms. The number of rotatable bonds is 8. The van der Waals surface area contributed by atoms with Crippen molar-refractivity contribution < 1.29 is 19.4 Å². The highest BCUT2D eigenvalue weighted by atomic mass is 32.1. The van der Waals surface area contributed by atoms with Gasteiger partial charge in [0.05, 0.1) is 18.2 Å². The molecule has 2 heterocycles. The SMILES string of the molecule is COCCN1C(=O)C(O)=C(C(=O)CCc2ccccc2)C1c1cccs1. The molecule has 1 aliphatic heterocycles. The standard InChI is InChI=1S/C20H21NO4S/c1-25-12-11-21-18(16-8-5-13-26-16)17(19(23)20(21)24)15(22)10-9-14-6-3-2-4-7-14/h2-8,13,18,23H,9-12H2,1H3. The zero-order valence-electron chi connectivity index (χ0n) is 14.6. The van der Waals surface area contributed by atoms with Crippen LogP contribution in [0.2, 0.25) is 0 Å². The maximum Gasteiger partial charge on any atom is 0.290 e. The number of aliphatic hydroxyl groups excluding tert-OH is 1. The van der Waals surface area contributed by atoms with E-state index < -0.39 is 17.7 Å². The minimum Gasteiger partial charge on any atom is -0.503 e. The lowest BCUT2D eigenvalue weighted by atomic mass is 9.97. The van der Waals surface area contributed by atoms with Gasteiger partial charge in [-0.15, -0.1) is 11.3 Å². The molecule has 1 aliphatic rings. The smallest absolute Gasteiger partial charge is 0.290 e. The average molecular weight is 371 g/mol. The van der Waals surface area contributed by atoms with E-state index in [1.807, 2.05) is 47.8 Å². The highest BCUT2D eigenvalue weighted by molar-refractivity contribution is 7.10. The molecule has 5 nitrogen and oxygen atoms in total. The number of benzene rings is 1. The number of Topliss-reactive ketones (excluding diaryl/α,β-unsaturated/α-hetero) is 1. The number of methoxy groups -OCH3 is 1. The van der Waals surface area contributed by atoms with Crippen molar-refractivity contribution in [1.29, 1.82) is 0 Å². The minimum absolute atomic E-state index is 0.196. The minimum atomic E-state index is -0.541. The number of aliphatic hydroxyl groups is 1. The van der Waals surface area contributed by atoms with Crippen LogP contribution in [0.1, 0.15) is 22.9 Å². The predicted octanol–water partition coefficient (Wildman–Crippen LogP) is 3.29. The number of carbonyl (C=O) groups is 2. The Morgan fingerprint density at radius 3 is 2.65 bits per heavy atom. The summed E-state index contributed by atoms with van der Waals surface area (Å²) in [6, 6.07) is 12.9. The summed E-state index contributed by atoms with van der Waals surface area (Å²) in [7, 11) is 1.56. The second-order valence-corrected chi connectivity index (χ2v) is 7.06. The lowest BCUT2D eigenvalue weighted by Gasteiger charge is -2.25. The summed E-state index contributed by atoms with van der Waals surface area (Å²) in [6.07, 6.45) is 0.816. The summed E-state index contributed by atoms with van der Waals surface area (Å²) in [5.74, 6) is -1.14. The lowest BCUT2D eigenvalue weighted by molar-refractivity contribution is -0.130. The highest BCUT2D eigenvalue weighted by Gasteiger charge is 2.43. The molecule has 1 N–H and O–H groups in total. The fourth-order valence-corrected chi connectivity index (χ4v) is 3.98. The number of amides is 1. The molecule has 1 atom stereocenters. The average Bonchev–Trinajstić information content (AvgIpc) is 3.27. The van der Waals surface area contributed by atoms with Gasteiger partial charge in [0.25, 0.3) is 5.91 Å². The second kappa shape index (κ2) is 8.29. The Labute approximate surface area is 156 Å². The molecule has 0 bridgehead atoms. The van der Waals surface area contributed by atoms with Crippen molar-refractivity contribution in [3.8, 4) is 0 Å². The van der Waals surface area contributed by atoms with Crippen LogP contribution in [0.5, 0.6) is 0 Å². The monoisotopic (exact) mass is 371 g/mol. The molecule has 1 aromatic carbocycles. The molecule has 0 fully saturated rings. The molecule has 3 rings (SSSR count). The van der Waals surface area contributed by atoms with Crippen LogP contribution in [-0.2, 0) is 20.7 Å². The van der Waals surface area contributed by atoms with E-state index in [-0.39, 0.29) is 17.8 Å². The van der Waals surface area contributed by atoms with Crippen molar-refractivity contribution >= 4 is 23.0 Å². The number of ether oxygens (including phenoxy) is 1. The molecule has 26 heavy (non-hydrogen) atoms. The van der Waals surface area contributed by atoms with E-state index in [1.165, 1.54) is 16.2 Å². The number of hydrogen-bond donors (Lipinski definition) is 1. The summed E-state index contributed by atoms with van der Waals surface area (Å²) in [5, 5.41) is 12.3. The normalized spacial score (nSPS) is 17.2. The molecular weight excluding hydrogens is 350 g/mol. The molecule has 0 saturated carbocycles. The third-order valence-electron chi connectivity index (χ3n) is 4.44. The van der Waals surface area contributed by atoms with Crippen LogP contribution in [0.25, 0.3) is 0 Å². The Hall–Kier alpha value is -2.44. The predicted molar refractivity (Wildman–Crippen MR) is 100 cm³/mol. The fraction of sp³-hybridized carbons (Fsp3) is 0.300. The molecule has 1 aromatic heterocycles. The van der Waals surface area contributed by atoms with Crippen LogP contribution < -0.4 is 0 Å². The largest absolute Gasteiger partial charge is 0.503 e. The van der Waals surface area contributed by atoms with Gasteiger partial charge in [0.2, 0.25) is 0 Å². The van der Waals surface area contributed by atoms with Gasteiger partial charge in [0.1, 0.15) is 0 Å². The molecule has 0 aliphatic carbocycles. The van der Waals surface area contributed by atoms with Gasteiger partial charge in [0.15, 0.2) is 11.5 Å². The maximum absolute atomic E-state index is 12.9. The number of hydrogen-bond acceptors (Lipinski definition) is 5. The Morgan fingerprint density at radius 1 is 1.23 bits per heavy atom. The van der Waals surface area contributed by atoms with E-state index in [0.29, 0.717) is 19.6 Å². The summed E-state index contributed by atoms with van der Waals surface area (Å²) in [6.45, 7) is 0.657. The number of ketones is 1. The van der Waals surface area contributed by atoms with Crippen LogP contribution in [-0.4, -0.2) is 42.0 Å². The van der Waals surface area contributed by atoms with Gasteiger partial charge in [-0.05, 0) is 23.4 Å². The molecular formula is C20H21NO4S. The molecule has 0 spiro atoms. The quantitative estimate of drug-likeness (QED) is 0.773. The Morgan fingerprint density at radius 2 is 2.00 bits per heavy atom. The van der Waals surface area contributed by atoms with E-state index in [2.05, 4.69) is 0 Å². The third kappa shape index (κ3) is 3.71. The first kappa shape index (κ1) is 18.4.